The smallest absolute Gasteiger partial charge is 0.226 e. The van der Waals surface area contributed by atoms with E-state index < -0.39 is 5.60 Å². The van der Waals surface area contributed by atoms with Crippen LogP contribution in [-0.4, -0.2) is 34.6 Å². The highest BCUT2D eigenvalue weighted by atomic mass is 16.3. The van der Waals surface area contributed by atoms with Crippen molar-refractivity contribution in [2.24, 2.45) is 11.3 Å². The van der Waals surface area contributed by atoms with Crippen LogP contribution in [0.25, 0.3) is 0 Å². The molecule has 3 nitrogen and oxygen atoms in total. The first-order valence-corrected chi connectivity index (χ1v) is 6.83. The molecule has 0 radical (unpaired) electrons. The molecule has 1 aliphatic carbocycles. The Bertz CT molecular complexity index is 299. The molecule has 1 aliphatic heterocycles. The van der Waals surface area contributed by atoms with Gasteiger partial charge in [0.2, 0.25) is 5.91 Å². The summed E-state index contributed by atoms with van der Waals surface area (Å²) in [7, 11) is 0. The normalized spacial score (nSPS) is 31.5. The molecule has 0 aromatic heterocycles. The van der Waals surface area contributed by atoms with Crippen molar-refractivity contribution in [3.8, 4) is 0 Å². The number of hydrogen-bond donors (Lipinski definition) is 1. The summed E-state index contributed by atoms with van der Waals surface area (Å²) in [5.41, 5.74) is -0.404. The number of hydrogen-bond acceptors (Lipinski definition) is 2. The predicted octanol–water partition coefficient (Wildman–Crippen LogP) is 2.19. The number of nitrogens with zero attached hydrogens (tertiary/aromatic N) is 1. The van der Waals surface area contributed by atoms with Gasteiger partial charge in [-0.2, -0.15) is 0 Å². The largest absolute Gasteiger partial charge is 0.390 e. The summed E-state index contributed by atoms with van der Waals surface area (Å²) < 4.78 is 0. The Hall–Kier alpha value is -0.570. The molecule has 1 atom stereocenters. The van der Waals surface area contributed by atoms with E-state index in [0.29, 0.717) is 18.7 Å². The Morgan fingerprint density at radius 2 is 1.76 bits per heavy atom. The minimum Gasteiger partial charge on any atom is -0.390 e. The second-order valence-electron chi connectivity index (χ2n) is 6.76. The fourth-order valence-electron chi connectivity index (χ4n) is 3.21. The molecule has 17 heavy (non-hydrogen) atoms. The van der Waals surface area contributed by atoms with Crippen molar-refractivity contribution in [3.05, 3.63) is 0 Å². The van der Waals surface area contributed by atoms with Crippen LogP contribution in [0.3, 0.4) is 0 Å². The Morgan fingerprint density at radius 3 is 2.24 bits per heavy atom. The number of rotatable bonds is 1. The second kappa shape index (κ2) is 4.27. The molecule has 1 amide bonds. The van der Waals surface area contributed by atoms with E-state index in [9.17, 15) is 9.90 Å². The highest BCUT2D eigenvalue weighted by Crippen LogP contribution is 2.43. The zero-order valence-corrected chi connectivity index (χ0v) is 11.3. The van der Waals surface area contributed by atoms with E-state index in [0.717, 1.165) is 25.9 Å². The third-order valence-electron chi connectivity index (χ3n) is 4.71. The summed E-state index contributed by atoms with van der Waals surface area (Å²) in [6, 6.07) is 0. The van der Waals surface area contributed by atoms with Crippen LogP contribution in [0.5, 0.6) is 0 Å². The van der Waals surface area contributed by atoms with Gasteiger partial charge in [-0.15, -0.1) is 0 Å². The van der Waals surface area contributed by atoms with E-state index in [4.69, 9.17) is 0 Å². The van der Waals surface area contributed by atoms with Crippen LogP contribution in [0, 0.1) is 11.3 Å². The molecule has 0 aromatic carbocycles. The van der Waals surface area contributed by atoms with E-state index >= 15 is 0 Å². The lowest BCUT2D eigenvalue weighted by atomic mass is 9.80. The maximum Gasteiger partial charge on any atom is 0.226 e. The van der Waals surface area contributed by atoms with Crippen molar-refractivity contribution < 1.29 is 9.90 Å². The predicted molar refractivity (Wildman–Crippen MR) is 67.6 cm³/mol. The van der Waals surface area contributed by atoms with Crippen molar-refractivity contribution >= 4 is 5.91 Å². The molecule has 0 bridgehead atoms. The monoisotopic (exact) mass is 239 g/mol. The molecule has 1 saturated carbocycles. The average molecular weight is 239 g/mol. The molecule has 0 aromatic rings. The molecular weight excluding hydrogens is 214 g/mol. The molecule has 2 rings (SSSR count). The van der Waals surface area contributed by atoms with Crippen LogP contribution >= 0.6 is 0 Å². The van der Waals surface area contributed by atoms with Crippen LogP contribution in [0.15, 0.2) is 0 Å². The number of amides is 1. The van der Waals surface area contributed by atoms with Gasteiger partial charge in [-0.05, 0) is 38.0 Å². The van der Waals surface area contributed by atoms with Gasteiger partial charge in [0.05, 0.1) is 5.60 Å². The van der Waals surface area contributed by atoms with Crippen LogP contribution in [0.2, 0.25) is 0 Å². The Balaban J connectivity index is 1.97. The van der Waals surface area contributed by atoms with Crippen LogP contribution < -0.4 is 0 Å². The lowest BCUT2D eigenvalue weighted by Gasteiger charge is -2.39. The summed E-state index contributed by atoms with van der Waals surface area (Å²) in [4.78, 5) is 14.4. The fourth-order valence-corrected chi connectivity index (χ4v) is 3.21. The first-order valence-electron chi connectivity index (χ1n) is 6.83. The van der Waals surface area contributed by atoms with Gasteiger partial charge in [0.15, 0.2) is 0 Å². The van der Waals surface area contributed by atoms with E-state index in [1.165, 1.54) is 6.42 Å². The van der Waals surface area contributed by atoms with Gasteiger partial charge in [0.1, 0.15) is 0 Å². The molecule has 3 heteroatoms. The summed E-state index contributed by atoms with van der Waals surface area (Å²) in [6.45, 7) is 7.73. The topological polar surface area (TPSA) is 40.5 Å². The lowest BCUT2D eigenvalue weighted by Crippen LogP contribution is -2.48. The molecule has 1 N–H and O–H groups in total. The van der Waals surface area contributed by atoms with Crippen molar-refractivity contribution in [3.63, 3.8) is 0 Å². The molecule has 1 heterocycles. The molecule has 98 valence electrons. The third kappa shape index (κ3) is 2.65. The Labute approximate surface area is 104 Å². The van der Waals surface area contributed by atoms with Gasteiger partial charge in [-0.1, -0.05) is 20.3 Å². The summed E-state index contributed by atoms with van der Waals surface area (Å²) in [5, 5.41) is 9.90. The fraction of sp³-hybridized carbons (Fsp3) is 0.929. The summed E-state index contributed by atoms with van der Waals surface area (Å²) in [6.07, 6.45) is 4.81. The van der Waals surface area contributed by atoms with E-state index in [1.807, 2.05) is 11.8 Å². The van der Waals surface area contributed by atoms with Gasteiger partial charge in [0, 0.05) is 19.0 Å². The molecule has 2 fully saturated rings. The van der Waals surface area contributed by atoms with Gasteiger partial charge in [-0.25, -0.2) is 0 Å². The molecule has 1 saturated heterocycles. The van der Waals surface area contributed by atoms with Gasteiger partial charge in [0.25, 0.3) is 0 Å². The molecular formula is C14H25NO2. The van der Waals surface area contributed by atoms with E-state index in [1.54, 1.807) is 0 Å². The quantitative estimate of drug-likeness (QED) is 0.762. The number of carbonyl (C=O) groups excluding carboxylic acids is 1. The van der Waals surface area contributed by atoms with Gasteiger partial charge < -0.3 is 10.0 Å². The van der Waals surface area contributed by atoms with E-state index in [-0.39, 0.29) is 11.3 Å². The van der Waals surface area contributed by atoms with Crippen molar-refractivity contribution in [2.75, 3.05) is 13.1 Å². The molecule has 2 aliphatic rings. The maximum atomic E-state index is 12.5. The van der Waals surface area contributed by atoms with Crippen LogP contribution in [-0.2, 0) is 4.79 Å². The second-order valence-corrected chi connectivity index (χ2v) is 6.76. The number of aliphatic hydroxyl groups is 1. The van der Waals surface area contributed by atoms with Crippen molar-refractivity contribution in [1.29, 1.82) is 0 Å². The first kappa shape index (κ1) is 12.9. The minimum absolute atomic E-state index is 0.164. The van der Waals surface area contributed by atoms with Crippen molar-refractivity contribution in [1.82, 2.24) is 4.90 Å². The zero-order chi connectivity index (χ0) is 12.7. The van der Waals surface area contributed by atoms with Gasteiger partial charge in [-0.3, -0.25) is 4.79 Å². The Kier molecular flexibility index (Phi) is 3.23. The van der Waals surface area contributed by atoms with E-state index in [2.05, 4.69) is 13.8 Å². The minimum atomic E-state index is -0.567. The molecule has 1 unspecified atom stereocenters. The number of likely N-dealkylation sites (tertiary alicyclic amines) is 1. The summed E-state index contributed by atoms with van der Waals surface area (Å²) >= 11 is 0. The highest BCUT2D eigenvalue weighted by Gasteiger charge is 2.42. The standard InChI is InChI=1S/C14H25NO2/c1-13(2)6-4-5-11(13)12(16)15-9-7-14(3,17)8-10-15/h11,17H,4-10H2,1-3H3. The third-order valence-corrected chi connectivity index (χ3v) is 4.71. The molecule has 0 spiro atoms. The first-order chi connectivity index (χ1) is 7.82. The Morgan fingerprint density at radius 1 is 1.18 bits per heavy atom. The van der Waals surface area contributed by atoms with Gasteiger partial charge >= 0.3 is 0 Å². The summed E-state index contributed by atoms with van der Waals surface area (Å²) in [5.74, 6) is 0.522. The number of carbonyl (C=O) groups is 1. The number of piperidine rings is 1. The highest BCUT2D eigenvalue weighted by molar-refractivity contribution is 5.80. The average Bonchev–Trinajstić information content (AvgIpc) is 2.57. The van der Waals surface area contributed by atoms with Crippen LogP contribution in [0.1, 0.15) is 52.9 Å². The van der Waals surface area contributed by atoms with Crippen molar-refractivity contribution in [2.45, 2.75) is 58.5 Å². The zero-order valence-electron chi connectivity index (χ0n) is 11.3. The lowest BCUT2D eigenvalue weighted by molar-refractivity contribution is -0.142. The maximum absolute atomic E-state index is 12.5. The SMILES string of the molecule is CC1(O)CCN(C(=O)C2CCCC2(C)C)CC1. The van der Waals surface area contributed by atoms with Crippen LogP contribution in [0.4, 0.5) is 0 Å².